The summed E-state index contributed by atoms with van der Waals surface area (Å²) in [5, 5.41) is 17.6. The second-order valence-corrected chi connectivity index (χ2v) is 8.43. The monoisotopic (exact) mass is 457 g/mol. The molecule has 0 spiro atoms. The molecule has 0 saturated carbocycles. The second-order valence-electron chi connectivity index (χ2n) is 8.43. The van der Waals surface area contributed by atoms with E-state index in [9.17, 15) is 14.3 Å². The van der Waals surface area contributed by atoms with Crippen LogP contribution in [0.25, 0.3) is 11.3 Å². The largest absolute Gasteiger partial charge is 0.507 e. The summed E-state index contributed by atoms with van der Waals surface area (Å²) in [6.07, 6.45) is 0.649. The number of benzene rings is 3. The topological polar surface area (TPSA) is 78.5 Å². The standard InChI is InChI=1S/C27H24FN3O3/c1-16-3-7-18(8-4-16)26-23-24(21-15-19(28)9-12-22(21)32)29-30-25(23)27(33)31(26)14-13-17-5-10-20(34-2)11-6-17/h3-12,15,26,32H,13-14H2,1-2H3,(H,29,30)/t26-/m1/s1. The van der Waals surface area contributed by atoms with Gasteiger partial charge in [0.05, 0.1) is 13.2 Å². The van der Waals surface area contributed by atoms with Gasteiger partial charge in [0.15, 0.2) is 0 Å². The molecule has 3 aromatic carbocycles. The minimum absolute atomic E-state index is 0.0949. The summed E-state index contributed by atoms with van der Waals surface area (Å²) >= 11 is 0. The van der Waals surface area contributed by atoms with Gasteiger partial charge in [-0.1, -0.05) is 42.0 Å². The molecule has 6 nitrogen and oxygen atoms in total. The average molecular weight is 458 g/mol. The fourth-order valence-corrected chi connectivity index (χ4v) is 4.47. The van der Waals surface area contributed by atoms with Crippen molar-refractivity contribution < 1.29 is 19.0 Å². The summed E-state index contributed by atoms with van der Waals surface area (Å²) in [4.78, 5) is 15.3. The van der Waals surface area contributed by atoms with E-state index in [1.165, 1.54) is 18.2 Å². The van der Waals surface area contributed by atoms with Crippen molar-refractivity contribution in [3.05, 3.63) is 100 Å². The Bertz CT molecular complexity index is 1350. The van der Waals surface area contributed by atoms with Crippen molar-refractivity contribution in [1.82, 2.24) is 15.1 Å². The summed E-state index contributed by atoms with van der Waals surface area (Å²) in [5.74, 6) is 0.0162. The van der Waals surface area contributed by atoms with Crippen LogP contribution in [0.1, 0.15) is 38.8 Å². The van der Waals surface area contributed by atoms with Crippen molar-refractivity contribution in [3.63, 3.8) is 0 Å². The van der Waals surface area contributed by atoms with Gasteiger partial charge in [-0.3, -0.25) is 9.89 Å². The van der Waals surface area contributed by atoms with Crippen molar-refractivity contribution in [3.8, 4) is 22.8 Å². The first kappa shape index (κ1) is 21.7. The van der Waals surface area contributed by atoms with Gasteiger partial charge in [-0.05, 0) is 54.8 Å². The number of ether oxygens (including phenoxy) is 1. The molecule has 2 N–H and O–H groups in total. The minimum atomic E-state index is -0.489. The van der Waals surface area contributed by atoms with Crippen molar-refractivity contribution in [1.29, 1.82) is 0 Å². The third-order valence-corrected chi connectivity index (χ3v) is 6.27. The van der Waals surface area contributed by atoms with Gasteiger partial charge in [0.25, 0.3) is 5.91 Å². The lowest BCUT2D eigenvalue weighted by Gasteiger charge is -2.26. The molecular formula is C27H24FN3O3. The van der Waals surface area contributed by atoms with Gasteiger partial charge < -0.3 is 14.7 Å². The van der Waals surface area contributed by atoms with E-state index in [4.69, 9.17) is 4.74 Å². The lowest BCUT2D eigenvalue weighted by molar-refractivity contribution is 0.0746. The third-order valence-electron chi connectivity index (χ3n) is 6.27. The fraction of sp³-hybridized carbons (Fsp3) is 0.185. The summed E-state index contributed by atoms with van der Waals surface area (Å²) in [6, 6.07) is 19.1. The van der Waals surface area contributed by atoms with Gasteiger partial charge in [0.2, 0.25) is 0 Å². The number of H-pyrrole nitrogens is 1. The Kier molecular flexibility index (Phi) is 5.53. The molecule has 1 aliphatic rings. The molecule has 0 radical (unpaired) electrons. The molecule has 4 aromatic rings. The van der Waals surface area contributed by atoms with Crippen molar-refractivity contribution in [2.24, 2.45) is 0 Å². The minimum Gasteiger partial charge on any atom is -0.507 e. The quantitative estimate of drug-likeness (QED) is 0.426. The van der Waals surface area contributed by atoms with E-state index < -0.39 is 11.9 Å². The zero-order valence-electron chi connectivity index (χ0n) is 18.9. The number of nitrogens with one attached hydrogen (secondary N) is 1. The first-order valence-electron chi connectivity index (χ1n) is 11.0. The maximum atomic E-state index is 14.0. The molecule has 34 heavy (non-hydrogen) atoms. The molecule has 2 heterocycles. The highest BCUT2D eigenvalue weighted by Crippen LogP contribution is 2.44. The lowest BCUT2D eigenvalue weighted by atomic mass is 9.95. The molecule has 7 heteroatoms. The third kappa shape index (κ3) is 3.79. The smallest absolute Gasteiger partial charge is 0.273 e. The van der Waals surface area contributed by atoms with Crippen LogP contribution in [0.5, 0.6) is 11.5 Å². The van der Waals surface area contributed by atoms with Gasteiger partial charge in [-0.2, -0.15) is 5.10 Å². The van der Waals surface area contributed by atoms with E-state index >= 15 is 0 Å². The Morgan fingerprint density at radius 3 is 2.53 bits per heavy atom. The molecule has 1 atom stereocenters. The van der Waals surface area contributed by atoms with Crippen molar-refractivity contribution >= 4 is 5.91 Å². The second kappa shape index (κ2) is 8.67. The number of amides is 1. The molecule has 5 rings (SSSR count). The van der Waals surface area contributed by atoms with Crippen LogP contribution in [0.15, 0.2) is 66.7 Å². The van der Waals surface area contributed by atoms with E-state index in [2.05, 4.69) is 10.2 Å². The summed E-state index contributed by atoms with van der Waals surface area (Å²) in [7, 11) is 1.62. The molecule has 0 bridgehead atoms. The number of phenolic OH excluding ortho intramolecular Hbond substituents is 1. The number of aromatic hydroxyl groups is 1. The number of phenols is 1. The predicted octanol–water partition coefficient (Wildman–Crippen LogP) is 5.03. The molecule has 0 saturated heterocycles. The average Bonchev–Trinajstić information content (AvgIpc) is 3.39. The Balaban J connectivity index is 1.56. The maximum Gasteiger partial charge on any atom is 0.273 e. The number of fused-ring (bicyclic) bond motifs is 1. The number of hydrogen-bond acceptors (Lipinski definition) is 4. The number of methoxy groups -OCH3 is 1. The Labute approximate surface area is 196 Å². The number of aromatic nitrogens is 2. The van der Waals surface area contributed by atoms with Gasteiger partial charge in [0, 0.05) is 17.7 Å². The van der Waals surface area contributed by atoms with E-state index in [0.717, 1.165) is 22.4 Å². The van der Waals surface area contributed by atoms with Gasteiger partial charge in [0.1, 0.15) is 28.7 Å². The molecule has 1 aromatic heterocycles. The molecule has 172 valence electrons. The van der Waals surface area contributed by atoms with Crippen LogP contribution in [-0.2, 0) is 6.42 Å². The number of halogens is 1. The van der Waals surface area contributed by atoms with Gasteiger partial charge >= 0.3 is 0 Å². The van der Waals surface area contributed by atoms with Gasteiger partial charge in [-0.15, -0.1) is 0 Å². The number of rotatable bonds is 6. The number of hydrogen-bond donors (Lipinski definition) is 2. The van der Waals surface area contributed by atoms with Gasteiger partial charge in [-0.25, -0.2) is 4.39 Å². The highest BCUT2D eigenvalue weighted by molar-refractivity contribution is 6.00. The maximum absolute atomic E-state index is 14.0. The first-order valence-corrected chi connectivity index (χ1v) is 11.0. The summed E-state index contributed by atoms with van der Waals surface area (Å²) in [6.45, 7) is 2.48. The van der Waals surface area contributed by atoms with Crippen LogP contribution < -0.4 is 4.74 Å². The summed E-state index contributed by atoms with van der Waals surface area (Å²) < 4.78 is 19.3. The molecule has 1 aliphatic heterocycles. The number of carbonyl (C=O) groups is 1. The number of carbonyl (C=O) groups excluding carboxylic acids is 1. The van der Waals surface area contributed by atoms with Crippen LogP contribution in [0.2, 0.25) is 0 Å². The van der Waals surface area contributed by atoms with Crippen LogP contribution in [-0.4, -0.2) is 39.8 Å². The zero-order valence-corrected chi connectivity index (χ0v) is 18.9. The highest BCUT2D eigenvalue weighted by atomic mass is 19.1. The first-order chi connectivity index (χ1) is 16.5. The Morgan fingerprint density at radius 2 is 1.82 bits per heavy atom. The van der Waals surface area contributed by atoms with E-state index in [1.54, 1.807) is 12.0 Å². The molecule has 1 amide bonds. The van der Waals surface area contributed by atoms with Crippen molar-refractivity contribution in [2.45, 2.75) is 19.4 Å². The fourth-order valence-electron chi connectivity index (χ4n) is 4.47. The van der Waals surface area contributed by atoms with Crippen LogP contribution in [0, 0.1) is 12.7 Å². The SMILES string of the molecule is COc1ccc(CCN2C(=O)c3[nH]nc(-c4cc(F)ccc4O)c3[C@H]2c2ccc(C)cc2)cc1. The predicted molar refractivity (Wildman–Crippen MR) is 126 cm³/mol. The molecular weight excluding hydrogens is 433 g/mol. The highest BCUT2D eigenvalue weighted by Gasteiger charge is 2.42. The van der Waals surface area contributed by atoms with Crippen LogP contribution in [0.3, 0.4) is 0 Å². The molecule has 0 aliphatic carbocycles. The number of aryl methyl sites for hydroxylation is 1. The number of nitrogens with zero attached hydrogens (tertiary/aromatic N) is 2. The normalized spacial score (nSPS) is 15.0. The molecule has 0 unspecified atom stereocenters. The Morgan fingerprint density at radius 1 is 1.09 bits per heavy atom. The van der Waals surface area contributed by atoms with E-state index in [1.807, 2.05) is 55.5 Å². The van der Waals surface area contributed by atoms with Crippen LogP contribution >= 0.6 is 0 Å². The summed E-state index contributed by atoms with van der Waals surface area (Å²) in [5.41, 5.74) is 4.73. The van der Waals surface area contributed by atoms with Crippen molar-refractivity contribution in [2.75, 3.05) is 13.7 Å². The van der Waals surface area contributed by atoms with E-state index in [0.29, 0.717) is 29.9 Å². The Hall–Kier alpha value is -4.13. The van der Waals surface area contributed by atoms with E-state index in [-0.39, 0.29) is 17.2 Å². The zero-order chi connectivity index (χ0) is 23.8. The van der Waals surface area contributed by atoms with Crippen LogP contribution in [0.4, 0.5) is 4.39 Å². The molecule has 0 fully saturated rings. The lowest BCUT2D eigenvalue weighted by Crippen LogP contribution is -2.31. The number of aromatic amines is 1.